The molecule has 1 heterocycles. The van der Waals surface area contributed by atoms with Gasteiger partial charge < -0.3 is 15.5 Å². The Morgan fingerprint density at radius 1 is 1.11 bits per heavy atom. The number of para-hydroxylation sites is 2. The molecule has 1 fully saturated rings. The molecular weight excluding hydrogens is 364 g/mol. The minimum Gasteiger partial charge on any atom is -0.318 e. The molecule has 0 unspecified atom stereocenters. The molecule has 0 aromatic heterocycles. The molecule has 9 nitrogen and oxygen atoms in total. The Hall–Kier alpha value is -3.75. The number of nitrogens with one attached hydrogen (secondary N) is 2. The third-order valence-corrected chi connectivity index (χ3v) is 4.39. The Kier molecular flexibility index (Phi) is 5.35. The second kappa shape index (κ2) is 7.87. The highest BCUT2D eigenvalue weighted by Crippen LogP contribution is 2.28. The summed E-state index contributed by atoms with van der Waals surface area (Å²) < 4.78 is 0. The van der Waals surface area contributed by atoms with E-state index in [1.807, 2.05) is 6.92 Å². The maximum Gasteiger partial charge on any atom is 0.314 e. The summed E-state index contributed by atoms with van der Waals surface area (Å²) in [6, 6.07) is 10.5. The van der Waals surface area contributed by atoms with E-state index in [9.17, 15) is 24.5 Å². The Bertz CT molecular complexity index is 973. The molecule has 0 bridgehead atoms. The Balaban J connectivity index is 1.73. The number of anilines is 3. The first-order valence-corrected chi connectivity index (χ1v) is 8.63. The zero-order chi connectivity index (χ0) is 20.3. The number of aryl methyl sites for hydroxylation is 1. The number of nitrogens with zero attached hydrogens (tertiary/aromatic N) is 2. The summed E-state index contributed by atoms with van der Waals surface area (Å²) in [7, 11) is 0. The van der Waals surface area contributed by atoms with E-state index < -0.39 is 16.7 Å². The minimum absolute atomic E-state index is 0.0145. The molecule has 0 aliphatic carbocycles. The summed E-state index contributed by atoms with van der Waals surface area (Å²) in [6.45, 7) is 2.46. The van der Waals surface area contributed by atoms with Gasteiger partial charge in [0.1, 0.15) is 5.69 Å². The highest BCUT2D eigenvalue weighted by Gasteiger charge is 2.24. The average molecular weight is 382 g/mol. The van der Waals surface area contributed by atoms with Crippen molar-refractivity contribution in [2.45, 2.75) is 19.8 Å². The fourth-order valence-electron chi connectivity index (χ4n) is 2.99. The molecule has 1 aliphatic rings. The first-order valence-electron chi connectivity index (χ1n) is 8.63. The number of hydrogen-bond acceptors (Lipinski definition) is 5. The number of benzene rings is 2. The summed E-state index contributed by atoms with van der Waals surface area (Å²) in [6.07, 6.45) is 1.25. The van der Waals surface area contributed by atoms with E-state index >= 15 is 0 Å². The highest BCUT2D eigenvalue weighted by atomic mass is 16.6. The van der Waals surface area contributed by atoms with Crippen molar-refractivity contribution in [2.75, 3.05) is 22.1 Å². The van der Waals surface area contributed by atoms with Crippen molar-refractivity contribution in [3.63, 3.8) is 0 Å². The van der Waals surface area contributed by atoms with Crippen LogP contribution in [0.3, 0.4) is 0 Å². The van der Waals surface area contributed by atoms with Crippen LogP contribution in [0.2, 0.25) is 0 Å². The summed E-state index contributed by atoms with van der Waals surface area (Å²) in [4.78, 5) is 48.3. The van der Waals surface area contributed by atoms with Gasteiger partial charge in [0, 0.05) is 30.4 Å². The van der Waals surface area contributed by atoms with Crippen LogP contribution in [0, 0.1) is 17.0 Å². The number of nitro benzene ring substituents is 1. The largest absolute Gasteiger partial charge is 0.318 e. The molecule has 2 aromatic rings. The highest BCUT2D eigenvalue weighted by molar-refractivity contribution is 6.43. The maximum absolute atomic E-state index is 12.2. The van der Waals surface area contributed by atoms with E-state index in [1.54, 1.807) is 23.1 Å². The summed E-state index contributed by atoms with van der Waals surface area (Å²) >= 11 is 0. The van der Waals surface area contributed by atoms with Crippen LogP contribution in [0.15, 0.2) is 42.5 Å². The molecule has 0 radical (unpaired) electrons. The van der Waals surface area contributed by atoms with Crippen molar-refractivity contribution in [3.05, 3.63) is 58.1 Å². The third kappa shape index (κ3) is 3.98. The standard InChI is InChI=1S/C19H18N4O5/c1-12-8-9-13(11-16(12)22-10-4-7-17(22)24)20-18(25)19(26)21-14-5-2-3-6-15(14)23(27)28/h2-3,5-6,8-9,11H,4,7,10H2,1H3,(H,20,25)(H,21,26). The molecule has 3 rings (SSSR count). The zero-order valence-electron chi connectivity index (χ0n) is 15.1. The van der Waals surface area contributed by atoms with Gasteiger partial charge in [0.2, 0.25) is 5.91 Å². The van der Waals surface area contributed by atoms with Gasteiger partial charge in [-0.2, -0.15) is 0 Å². The van der Waals surface area contributed by atoms with E-state index in [2.05, 4.69) is 10.6 Å². The predicted molar refractivity (Wildman–Crippen MR) is 103 cm³/mol. The van der Waals surface area contributed by atoms with Gasteiger partial charge in [-0.1, -0.05) is 18.2 Å². The average Bonchev–Trinajstić information content (AvgIpc) is 3.09. The lowest BCUT2D eigenvalue weighted by atomic mass is 10.1. The summed E-state index contributed by atoms with van der Waals surface area (Å²) in [5.74, 6) is -1.99. The quantitative estimate of drug-likeness (QED) is 0.478. The second-order valence-corrected chi connectivity index (χ2v) is 6.33. The lowest BCUT2D eigenvalue weighted by Crippen LogP contribution is -2.29. The van der Waals surface area contributed by atoms with Crippen LogP contribution in [0.25, 0.3) is 0 Å². The minimum atomic E-state index is -1.03. The van der Waals surface area contributed by atoms with Crippen molar-refractivity contribution >= 4 is 40.5 Å². The topological polar surface area (TPSA) is 122 Å². The number of hydrogen-bond donors (Lipinski definition) is 2. The van der Waals surface area contributed by atoms with Gasteiger partial charge in [-0.3, -0.25) is 24.5 Å². The van der Waals surface area contributed by atoms with Crippen molar-refractivity contribution < 1.29 is 19.3 Å². The van der Waals surface area contributed by atoms with Gasteiger partial charge in [-0.25, -0.2) is 0 Å². The monoisotopic (exact) mass is 382 g/mol. The van der Waals surface area contributed by atoms with E-state index in [0.29, 0.717) is 24.3 Å². The smallest absolute Gasteiger partial charge is 0.314 e. The van der Waals surface area contributed by atoms with Crippen molar-refractivity contribution in [1.82, 2.24) is 0 Å². The van der Waals surface area contributed by atoms with E-state index in [-0.39, 0.29) is 17.3 Å². The molecular formula is C19H18N4O5. The zero-order valence-corrected chi connectivity index (χ0v) is 15.1. The molecule has 9 heteroatoms. The molecule has 28 heavy (non-hydrogen) atoms. The van der Waals surface area contributed by atoms with Crippen molar-refractivity contribution in [3.8, 4) is 0 Å². The number of rotatable bonds is 4. The molecule has 0 atom stereocenters. The lowest BCUT2D eigenvalue weighted by molar-refractivity contribution is -0.383. The first-order chi connectivity index (χ1) is 13.4. The molecule has 3 amide bonds. The fraction of sp³-hybridized carbons (Fsp3) is 0.211. The van der Waals surface area contributed by atoms with Crippen LogP contribution in [-0.4, -0.2) is 29.2 Å². The Morgan fingerprint density at radius 3 is 2.50 bits per heavy atom. The van der Waals surface area contributed by atoms with Gasteiger partial charge in [0.25, 0.3) is 5.69 Å². The van der Waals surface area contributed by atoms with Crippen molar-refractivity contribution in [2.24, 2.45) is 0 Å². The van der Waals surface area contributed by atoms with Crippen LogP contribution >= 0.6 is 0 Å². The molecule has 144 valence electrons. The van der Waals surface area contributed by atoms with Gasteiger partial charge in [-0.15, -0.1) is 0 Å². The van der Waals surface area contributed by atoms with Crippen molar-refractivity contribution in [1.29, 1.82) is 0 Å². The number of carbonyl (C=O) groups excluding carboxylic acids is 3. The second-order valence-electron chi connectivity index (χ2n) is 6.33. The first kappa shape index (κ1) is 19.0. The third-order valence-electron chi connectivity index (χ3n) is 4.39. The normalized spacial score (nSPS) is 13.3. The van der Waals surface area contributed by atoms with E-state index in [0.717, 1.165) is 12.0 Å². The van der Waals surface area contributed by atoms with Gasteiger partial charge >= 0.3 is 11.8 Å². The Labute approximate surface area is 160 Å². The summed E-state index contributed by atoms with van der Waals surface area (Å²) in [5, 5.41) is 15.7. The molecule has 2 aromatic carbocycles. The lowest BCUT2D eigenvalue weighted by Gasteiger charge is -2.19. The van der Waals surface area contributed by atoms with Crippen LogP contribution in [0.5, 0.6) is 0 Å². The summed E-state index contributed by atoms with van der Waals surface area (Å²) in [5.41, 5.74) is 1.52. The maximum atomic E-state index is 12.2. The van der Waals surface area contributed by atoms with Gasteiger partial charge in [0.15, 0.2) is 0 Å². The van der Waals surface area contributed by atoms with Crippen LogP contribution in [-0.2, 0) is 14.4 Å². The SMILES string of the molecule is Cc1ccc(NC(=O)C(=O)Nc2ccccc2[N+](=O)[O-])cc1N1CCCC1=O. The number of amides is 3. The molecule has 0 saturated carbocycles. The fourth-order valence-corrected chi connectivity index (χ4v) is 2.99. The molecule has 2 N–H and O–H groups in total. The van der Waals surface area contributed by atoms with Crippen LogP contribution < -0.4 is 15.5 Å². The van der Waals surface area contributed by atoms with Gasteiger partial charge in [0.05, 0.1) is 4.92 Å². The van der Waals surface area contributed by atoms with E-state index in [1.165, 1.54) is 24.3 Å². The van der Waals surface area contributed by atoms with E-state index in [4.69, 9.17) is 0 Å². The molecule has 0 spiro atoms. The molecule has 1 saturated heterocycles. The number of nitro groups is 1. The molecule has 1 aliphatic heterocycles. The number of carbonyl (C=O) groups is 3. The van der Waals surface area contributed by atoms with Crippen LogP contribution in [0.1, 0.15) is 18.4 Å². The van der Waals surface area contributed by atoms with Crippen LogP contribution in [0.4, 0.5) is 22.7 Å². The Morgan fingerprint density at radius 2 is 1.82 bits per heavy atom. The predicted octanol–water partition coefficient (Wildman–Crippen LogP) is 2.61. The van der Waals surface area contributed by atoms with Gasteiger partial charge in [-0.05, 0) is 37.1 Å².